The molecule has 1 amide bonds. The zero-order valence-corrected chi connectivity index (χ0v) is 18.3. The number of rotatable bonds is 6. The molecule has 0 unspecified atom stereocenters. The second-order valence-corrected chi connectivity index (χ2v) is 7.48. The van der Waals surface area contributed by atoms with Gasteiger partial charge in [0, 0.05) is 33.8 Å². The topological polar surface area (TPSA) is 102 Å². The van der Waals surface area contributed by atoms with Crippen molar-refractivity contribution in [2.45, 2.75) is 26.8 Å². The van der Waals surface area contributed by atoms with Gasteiger partial charge in [-0.2, -0.15) is 0 Å². The maximum Gasteiger partial charge on any atom is 0.347 e. The average Bonchev–Trinajstić information content (AvgIpc) is 2.74. The van der Waals surface area contributed by atoms with Crippen LogP contribution in [0, 0.1) is 5.82 Å². The number of esters is 1. The molecule has 1 N–H and O–H groups in total. The fourth-order valence-corrected chi connectivity index (χ4v) is 3.41. The molecule has 2 heterocycles. The smallest absolute Gasteiger partial charge is 0.347 e. The third-order valence-corrected chi connectivity index (χ3v) is 5.25. The Kier molecular flexibility index (Phi) is 6.57. The Labute approximate surface area is 183 Å². The molecular weight excluding hydrogens is 417 g/mol. The fourth-order valence-electron chi connectivity index (χ4n) is 3.41. The Bertz CT molecular complexity index is 1270. The standard InChI is InChI=1S/C23H24FN3O5/c1-5-32-23(31)19-21(29)20-18(27(4)22(19)30)9-14(11-25-20)8-15-6-7-17(24)10-16(15)12-26(3)13(2)28/h6-7,9-11,29H,5,8,12H2,1-4H3. The predicted molar refractivity (Wildman–Crippen MR) is 116 cm³/mol. The number of carbonyl (C=O) groups excluding carboxylic acids is 2. The molecule has 0 radical (unpaired) electrons. The van der Waals surface area contributed by atoms with Crippen LogP contribution in [0.15, 0.2) is 35.3 Å². The number of amides is 1. The Morgan fingerprint density at radius 3 is 2.62 bits per heavy atom. The van der Waals surface area contributed by atoms with Gasteiger partial charge in [-0.1, -0.05) is 6.07 Å². The first kappa shape index (κ1) is 22.9. The number of aromatic hydroxyl groups is 1. The molecule has 0 aliphatic carbocycles. The molecule has 3 aromatic rings. The van der Waals surface area contributed by atoms with Crippen LogP contribution in [0.1, 0.15) is 40.9 Å². The van der Waals surface area contributed by atoms with Crippen LogP contribution in [-0.2, 0) is 29.5 Å². The van der Waals surface area contributed by atoms with E-state index in [0.29, 0.717) is 23.1 Å². The lowest BCUT2D eigenvalue weighted by Gasteiger charge is -2.18. The molecule has 2 aromatic heterocycles. The molecule has 0 saturated carbocycles. The van der Waals surface area contributed by atoms with Crippen molar-refractivity contribution in [3.63, 3.8) is 0 Å². The Hall–Kier alpha value is -3.75. The van der Waals surface area contributed by atoms with Gasteiger partial charge < -0.3 is 19.3 Å². The molecule has 0 saturated heterocycles. The molecule has 0 aliphatic rings. The van der Waals surface area contributed by atoms with Crippen LogP contribution in [0.25, 0.3) is 11.0 Å². The molecule has 9 heteroatoms. The summed E-state index contributed by atoms with van der Waals surface area (Å²) < 4.78 is 19.9. The van der Waals surface area contributed by atoms with E-state index < -0.39 is 28.7 Å². The van der Waals surface area contributed by atoms with E-state index in [0.717, 1.165) is 5.56 Å². The summed E-state index contributed by atoms with van der Waals surface area (Å²) in [4.78, 5) is 42.1. The van der Waals surface area contributed by atoms with Gasteiger partial charge in [-0.05, 0) is 48.2 Å². The summed E-state index contributed by atoms with van der Waals surface area (Å²) in [5, 5.41) is 10.5. The number of fused-ring (bicyclic) bond motifs is 1. The van der Waals surface area contributed by atoms with Gasteiger partial charge in [0.1, 0.15) is 11.3 Å². The molecule has 0 aliphatic heterocycles. The predicted octanol–water partition coefficient (Wildman–Crippen LogP) is 2.52. The van der Waals surface area contributed by atoms with Gasteiger partial charge in [0.2, 0.25) is 5.91 Å². The first-order valence-electron chi connectivity index (χ1n) is 10.0. The van der Waals surface area contributed by atoms with Crippen LogP contribution < -0.4 is 5.56 Å². The summed E-state index contributed by atoms with van der Waals surface area (Å²) >= 11 is 0. The van der Waals surface area contributed by atoms with Crippen molar-refractivity contribution < 1.29 is 23.8 Å². The lowest BCUT2D eigenvalue weighted by atomic mass is 9.99. The molecule has 168 valence electrons. The number of nitrogens with zero attached hydrogens (tertiary/aromatic N) is 3. The number of ether oxygens (including phenoxy) is 1. The molecule has 0 bridgehead atoms. The lowest BCUT2D eigenvalue weighted by molar-refractivity contribution is -0.128. The highest BCUT2D eigenvalue weighted by molar-refractivity contribution is 5.98. The van der Waals surface area contributed by atoms with Crippen molar-refractivity contribution in [1.29, 1.82) is 0 Å². The summed E-state index contributed by atoms with van der Waals surface area (Å²) in [6.45, 7) is 3.34. The van der Waals surface area contributed by atoms with Gasteiger partial charge in [-0.15, -0.1) is 0 Å². The third kappa shape index (κ3) is 4.46. The van der Waals surface area contributed by atoms with Gasteiger partial charge in [-0.25, -0.2) is 9.18 Å². The molecule has 0 fully saturated rings. The van der Waals surface area contributed by atoms with Crippen molar-refractivity contribution in [2.24, 2.45) is 7.05 Å². The SMILES string of the molecule is CCOC(=O)c1c(O)c2ncc(Cc3ccc(F)cc3CN(C)C(C)=O)cc2n(C)c1=O. The number of aromatic nitrogens is 2. The van der Waals surface area contributed by atoms with Gasteiger partial charge in [0.25, 0.3) is 5.56 Å². The molecule has 1 aromatic carbocycles. The van der Waals surface area contributed by atoms with Crippen LogP contribution in [0.2, 0.25) is 0 Å². The summed E-state index contributed by atoms with van der Waals surface area (Å²) in [5.74, 6) is -1.99. The van der Waals surface area contributed by atoms with Gasteiger partial charge in [0.05, 0.1) is 12.1 Å². The van der Waals surface area contributed by atoms with E-state index in [2.05, 4.69) is 4.98 Å². The zero-order chi connectivity index (χ0) is 23.6. The molecule has 3 rings (SSSR count). The summed E-state index contributed by atoms with van der Waals surface area (Å²) in [5.41, 5.74) is 1.41. The van der Waals surface area contributed by atoms with E-state index in [1.54, 1.807) is 26.1 Å². The monoisotopic (exact) mass is 441 g/mol. The Balaban J connectivity index is 2.05. The van der Waals surface area contributed by atoms with Crippen LogP contribution in [0.3, 0.4) is 0 Å². The maximum absolute atomic E-state index is 13.8. The van der Waals surface area contributed by atoms with E-state index in [1.807, 2.05) is 0 Å². The van der Waals surface area contributed by atoms with Crippen molar-refractivity contribution in [3.05, 3.63) is 68.9 Å². The highest BCUT2D eigenvalue weighted by Gasteiger charge is 2.23. The van der Waals surface area contributed by atoms with Crippen LogP contribution in [-0.4, -0.2) is 45.1 Å². The summed E-state index contributed by atoms with van der Waals surface area (Å²) in [6.07, 6.45) is 1.88. The van der Waals surface area contributed by atoms with E-state index in [-0.39, 0.29) is 24.6 Å². The van der Waals surface area contributed by atoms with Crippen molar-refractivity contribution in [2.75, 3.05) is 13.7 Å². The highest BCUT2D eigenvalue weighted by Crippen LogP contribution is 2.26. The fraction of sp³-hybridized carbons (Fsp3) is 0.304. The van der Waals surface area contributed by atoms with Gasteiger partial charge in [-0.3, -0.25) is 14.6 Å². The molecule has 0 spiro atoms. The van der Waals surface area contributed by atoms with Crippen molar-refractivity contribution in [3.8, 4) is 5.75 Å². The van der Waals surface area contributed by atoms with E-state index in [1.165, 1.54) is 41.8 Å². The number of hydrogen-bond donors (Lipinski definition) is 1. The number of aryl methyl sites for hydroxylation is 1. The maximum atomic E-state index is 13.8. The Morgan fingerprint density at radius 1 is 1.25 bits per heavy atom. The molecule has 8 nitrogen and oxygen atoms in total. The number of halogens is 1. The lowest BCUT2D eigenvalue weighted by Crippen LogP contribution is -2.26. The normalized spacial score (nSPS) is 10.9. The van der Waals surface area contributed by atoms with Crippen LogP contribution >= 0.6 is 0 Å². The van der Waals surface area contributed by atoms with E-state index in [9.17, 15) is 23.9 Å². The van der Waals surface area contributed by atoms with Crippen LogP contribution in [0.4, 0.5) is 4.39 Å². The van der Waals surface area contributed by atoms with E-state index >= 15 is 0 Å². The minimum atomic E-state index is -0.913. The third-order valence-electron chi connectivity index (χ3n) is 5.25. The Morgan fingerprint density at radius 2 is 1.97 bits per heavy atom. The highest BCUT2D eigenvalue weighted by atomic mass is 19.1. The number of hydrogen-bond acceptors (Lipinski definition) is 6. The number of benzene rings is 1. The molecular formula is C23H24FN3O5. The zero-order valence-electron chi connectivity index (χ0n) is 18.3. The first-order valence-corrected chi connectivity index (χ1v) is 10.0. The van der Waals surface area contributed by atoms with E-state index in [4.69, 9.17) is 4.74 Å². The average molecular weight is 441 g/mol. The van der Waals surface area contributed by atoms with Crippen molar-refractivity contribution in [1.82, 2.24) is 14.5 Å². The first-order chi connectivity index (χ1) is 15.1. The summed E-state index contributed by atoms with van der Waals surface area (Å²) in [7, 11) is 3.11. The second-order valence-electron chi connectivity index (χ2n) is 7.48. The van der Waals surface area contributed by atoms with Gasteiger partial charge >= 0.3 is 5.97 Å². The van der Waals surface area contributed by atoms with Crippen LogP contribution in [0.5, 0.6) is 5.75 Å². The quantitative estimate of drug-likeness (QED) is 0.590. The minimum absolute atomic E-state index is 0.0602. The number of carbonyl (C=O) groups is 2. The summed E-state index contributed by atoms with van der Waals surface area (Å²) in [6, 6.07) is 6.05. The van der Waals surface area contributed by atoms with Crippen molar-refractivity contribution >= 4 is 22.9 Å². The molecule has 0 atom stereocenters. The second kappa shape index (κ2) is 9.17. The molecule has 32 heavy (non-hydrogen) atoms. The number of pyridine rings is 2. The van der Waals surface area contributed by atoms with Gasteiger partial charge in [0.15, 0.2) is 11.3 Å². The minimum Gasteiger partial charge on any atom is -0.505 e. The largest absolute Gasteiger partial charge is 0.505 e.